The number of aromatic amines is 1. The molecule has 1 aromatic carbocycles. The number of morpholine rings is 1. The number of rotatable bonds is 5. The highest BCUT2D eigenvalue weighted by atomic mass is 35.5. The average Bonchev–Trinajstić information content (AvgIpc) is 3.43. The van der Waals surface area contributed by atoms with Crippen LogP contribution in [0.3, 0.4) is 0 Å². The number of piperidine rings is 1. The Morgan fingerprint density at radius 3 is 2.45 bits per heavy atom. The minimum absolute atomic E-state index is 0.382. The molecule has 2 atom stereocenters. The van der Waals surface area contributed by atoms with E-state index >= 15 is 0 Å². The number of nitrogen functional groups attached to an aromatic ring is 1. The van der Waals surface area contributed by atoms with Crippen LogP contribution in [0.2, 0.25) is 5.02 Å². The summed E-state index contributed by atoms with van der Waals surface area (Å²) < 4.78 is 5.60. The van der Waals surface area contributed by atoms with Crippen LogP contribution in [0.25, 0.3) is 0 Å². The number of hydrogen-bond acceptors (Lipinski definition) is 7. The first-order chi connectivity index (χ1) is 15.2. The smallest absolute Gasteiger partial charge is 0.226 e. The maximum Gasteiger partial charge on any atom is 0.226 e. The number of nitrogens with two attached hydrogens (primary N) is 1. The maximum absolute atomic E-state index is 6.12. The SMILES string of the molecule is Nc1nnc(N2CCC(N3C[C@H](N4CCOCC4)C[C@@H]3Cc3ccc(Cl)cc3)CC2)[nH]1. The van der Waals surface area contributed by atoms with Gasteiger partial charge in [0.2, 0.25) is 11.9 Å². The van der Waals surface area contributed by atoms with Crippen LogP contribution in [0.5, 0.6) is 0 Å². The van der Waals surface area contributed by atoms with Crippen LogP contribution in [0, 0.1) is 0 Å². The van der Waals surface area contributed by atoms with Crippen molar-refractivity contribution in [2.75, 3.05) is 56.6 Å². The molecule has 5 rings (SSSR count). The summed E-state index contributed by atoms with van der Waals surface area (Å²) in [6.07, 6.45) is 4.57. The van der Waals surface area contributed by atoms with E-state index in [2.05, 4.69) is 42.0 Å². The van der Waals surface area contributed by atoms with Crippen LogP contribution in [0.1, 0.15) is 24.8 Å². The molecule has 168 valence electrons. The largest absolute Gasteiger partial charge is 0.379 e. The van der Waals surface area contributed by atoms with E-state index in [9.17, 15) is 0 Å². The van der Waals surface area contributed by atoms with Gasteiger partial charge in [-0.05, 0) is 43.4 Å². The quantitative estimate of drug-likeness (QED) is 0.728. The number of likely N-dealkylation sites (tertiary alicyclic amines) is 1. The normalized spacial score (nSPS) is 26.5. The van der Waals surface area contributed by atoms with Gasteiger partial charge in [0, 0.05) is 55.9 Å². The lowest BCUT2D eigenvalue weighted by Crippen LogP contribution is -2.49. The Kier molecular flexibility index (Phi) is 6.31. The van der Waals surface area contributed by atoms with Crippen molar-refractivity contribution in [1.29, 1.82) is 0 Å². The topological polar surface area (TPSA) is 86.5 Å². The number of nitrogens with one attached hydrogen (secondary N) is 1. The van der Waals surface area contributed by atoms with Crippen molar-refractivity contribution in [3.05, 3.63) is 34.9 Å². The van der Waals surface area contributed by atoms with Gasteiger partial charge in [0.05, 0.1) is 13.2 Å². The number of ether oxygens (including phenoxy) is 1. The molecule has 2 aromatic rings. The fourth-order valence-electron chi connectivity index (χ4n) is 5.48. The number of halogens is 1. The van der Waals surface area contributed by atoms with Gasteiger partial charge in [-0.1, -0.05) is 23.7 Å². The Bertz CT molecular complexity index is 846. The second-order valence-electron chi connectivity index (χ2n) is 8.97. The number of hydrogen-bond donors (Lipinski definition) is 2. The van der Waals surface area contributed by atoms with Crippen molar-refractivity contribution in [2.24, 2.45) is 0 Å². The third kappa shape index (κ3) is 4.82. The lowest BCUT2D eigenvalue weighted by molar-refractivity contribution is 0.0173. The Morgan fingerprint density at radius 1 is 1.03 bits per heavy atom. The molecule has 0 aliphatic carbocycles. The Hall–Kier alpha value is -1.87. The van der Waals surface area contributed by atoms with Crippen LogP contribution in [0.15, 0.2) is 24.3 Å². The molecule has 4 heterocycles. The van der Waals surface area contributed by atoms with Crippen molar-refractivity contribution in [1.82, 2.24) is 25.0 Å². The van der Waals surface area contributed by atoms with Crippen LogP contribution < -0.4 is 10.6 Å². The molecule has 0 spiro atoms. The summed E-state index contributed by atoms with van der Waals surface area (Å²) in [6.45, 7) is 6.93. The van der Waals surface area contributed by atoms with Crippen molar-refractivity contribution in [3.63, 3.8) is 0 Å². The molecule has 8 nitrogen and oxygen atoms in total. The van der Waals surface area contributed by atoms with Gasteiger partial charge in [0.25, 0.3) is 0 Å². The molecule has 0 bridgehead atoms. The molecule has 0 radical (unpaired) electrons. The van der Waals surface area contributed by atoms with Gasteiger partial charge < -0.3 is 15.4 Å². The highest BCUT2D eigenvalue weighted by molar-refractivity contribution is 6.30. The van der Waals surface area contributed by atoms with Crippen LogP contribution in [-0.4, -0.2) is 89.0 Å². The average molecular weight is 446 g/mol. The molecule has 31 heavy (non-hydrogen) atoms. The molecular formula is C22H32ClN7O. The van der Waals surface area contributed by atoms with E-state index in [1.807, 2.05) is 12.1 Å². The molecule has 3 aliphatic heterocycles. The zero-order valence-electron chi connectivity index (χ0n) is 17.9. The van der Waals surface area contributed by atoms with Gasteiger partial charge in [0.1, 0.15) is 0 Å². The number of anilines is 2. The standard InChI is InChI=1S/C22H32ClN7O/c23-17-3-1-16(2-4-17)13-19-14-20(28-9-11-31-12-10-28)15-30(19)18-5-7-29(8-6-18)22-25-21(24)26-27-22/h1-4,18-20H,5-15H2,(H3,24,25,26,27)/t19-,20+/m0/s1. The Morgan fingerprint density at radius 2 is 1.77 bits per heavy atom. The second-order valence-corrected chi connectivity index (χ2v) is 9.41. The summed E-state index contributed by atoms with van der Waals surface area (Å²) in [4.78, 5) is 10.8. The maximum atomic E-state index is 6.12. The van der Waals surface area contributed by atoms with Gasteiger partial charge in [-0.15, -0.1) is 10.2 Å². The number of nitrogens with zero attached hydrogens (tertiary/aromatic N) is 5. The predicted molar refractivity (Wildman–Crippen MR) is 122 cm³/mol. The van der Waals surface area contributed by atoms with Gasteiger partial charge in [-0.2, -0.15) is 0 Å². The first-order valence-electron chi connectivity index (χ1n) is 11.4. The number of H-pyrrole nitrogens is 1. The van der Waals surface area contributed by atoms with E-state index in [1.54, 1.807) is 0 Å². The fourth-order valence-corrected chi connectivity index (χ4v) is 5.61. The van der Waals surface area contributed by atoms with E-state index in [4.69, 9.17) is 22.1 Å². The van der Waals surface area contributed by atoms with Crippen LogP contribution in [-0.2, 0) is 11.2 Å². The molecule has 9 heteroatoms. The lowest BCUT2D eigenvalue weighted by Gasteiger charge is -2.39. The first kappa shape index (κ1) is 21.0. The summed E-state index contributed by atoms with van der Waals surface area (Å²) in [6, 6.07) is 10.2. The minimum Gasteiger partial charge on any atom is -0.379 e. The van der Waals surface area contributed by atoms with E-state index in [0.717, 1.165) is 76.2 Å². The van der Waals surface area contributed by atoms with Gasteiger partial charge in [-0.25, -0.2) is 0 Å². The van der Waals surface area contributed by atoms with Crippen molar-refractivity contribution in [3.8, 4) is 0 Å². The number of benzene rings is 1. The molecule has 0 amide bonds. The van der Waals surface area contributed by atoms with Crippen molar-refractivity contribution in [2.45, 2.75) is 43.8 Å². The van der Waals surface area contributed by atoms with Crippen molar-refractivity contribution < 1.29 is 4.74 Å². The van der Waals surface area contributed by atoms with Crippen LogP contribution >= 0.6 is 11.6 Å². The first-order valence-corrected chi connectivity index (χ1v) is 11.8. The predicted octanol–water partition coefficient (Wildman–Crippen LogP) is 2.03. The zero-order valence-corrected chi connectivity index (χ0v) is 18.7. The third-order valence-electron chi connectivity index (χ3n) is 7.11. The summed E-state index contributed by atoms with van der Waals surface area (Å²) in [5, 5.41) is 8.88. The molecule has 1 aromatic heterocycles. The summed E-state index contributed by atoms with van der Waals surface area (Å²) >= 11 is 6.12. The second kappa shape index (κ2) is 9.32. The van der Waals surface area contributed by atoms with E-state index in [1.165, 1.54) is 12.0 Å². The summed E-state index contributed by atoms with van der Waals surface area (Å²) in [5.74, 6) is 1.18. The monoisotopic (exact) mass is 445 g/mol. The highest BCUT2D eigenvalue weighted by Gasteiger charge is 2.40. The highest BCUT2D eigenvalue weighted by Crippen LogP contribution is 2.32. The van der Waals surface area contributed by atoms with E-state index in [0.29, 0.717) is 24.1 Å². The summed E-state index contributed by atoms with van der Waals surface area (Å²) in [7, 11) is 0. The molecule has 3 aliphatic rings. The molecule has 3 saturated heterocycles. The van der Waals surface area contributed by atoms with Gasteiger partial charge in [0.15, 0.2) is 0 Å². The fraction of sp³-hybridized carbons (Fsp3) is 0.636. The zero-order chi connectivity index (χ0) is 21.2. The summed E-state index contributed by atoms with van der Waals surface area (Å²) in [5.41, 5.74) is 7.09. The molecule has 3 fully saturated rings. The molecule has 0 saturated carbocycles. The lowest BCUT2D eigenvalue weighted by atomic mass is 9.98. The number of aromatic nitrogens is 3. The third-order valence-corrected chi connectivity index (χ3v) is 7.36. The van der Waals surface area contributed by atoms with Gasteiger partial charge >= 0.3 is 0 Å². The molecule has 0 unspecified atom stereocenters. The van der Waals surface area contributed by atoms with Crippen LogP contribution in [0.4, 0.5) is 11.9 Å². The molecular weight excluding hydrogens is 414 g/mol. The Labute approximate surface area is 188 Å². The van der Waals surface area contributed by atoms with E-state index < -0.39 is 0 Å². The molecule has 3 N–H and O–H groups in total. The van der Waals surface area contributed by atoms with Crippen molar-refractivity contribution >= 4 is 23.5 Å². The minimum atomic E-state index is 0.382. The van der Waals surface area contributed by atoms with E-state index in [-0.39, 0.29) is 0 Å². The Balaban J connectivity index is 1.27. The van der Waals surface area contributed by atoms with Gasteiger partial charge in [-0.3, -0.25) is 14.8 Å².